The van der Waals surface area contributed by atoms with Gasteiger partial charge >= 0.3 is 0 Å². The second-order valence-electron chi connectivity index (χ2n) is 4.23. The Morgan fingerprint density at radius 1 is 0.750 bits per heavy atom. The average Bonchev–Trinajstić information content (AvgIpc) is 2.46. The van der Waals surface area contributed by atoms with E-state index in [-0.39, 0.29) is 0 Å². The molecule has 0 unspecified atom stereocenters. The molecule has 0 aliphatic rings. The summed E-state index contributed by atoms with van der Waals surface area (Å²) in [4.78, 5) is 0. The van der Waals surface area contributed by atoms with E-state index in [4.69, 9.17) is 20.0 Å². The van der Waals surface area contributed by atoms with E-state index in [2.05, 4.69) is 0 Å². The Hall–Kier alpha value is -3.24. The minimum Gasteiger partial charge on any atom is -0.388 e. The van der Waals surface area contributed by atoms with E-state index in [0.717, 1.165) is 21.5 Å². The van der Waals surface area contributed by atoms with E-state index in [9.17, 15) is 0 Å². The van der Waals surface area contributed by atoms with Crippen molar-refractivity contribution in [1.82, 2.24) is 0 Å². The molecular weight excluding hydrogens is 252 g/mol. The summed E-state index contributed by atoms with van der Waals surface area (Å²) in [6.07, 6.45) is 3.34. The molecule has 0 saturated carbocycles. The minimum absolute atomic E-state index is 0.484. The summed E-state index contributed by atoms with van der Waals surface area (Å²) < 4.78 is 9.79. The first-order valence-electron chi connectivity index (χ1n) is 5.90. The van der Waals surface area contributed by atoms with Crippen molar-refractivity contribution in [2.75, 3.05) is 0 Å². The minimum atomic E-state index is 0.484. The highest BCUT2D eigenvalue weighted by molar-refractivity contribution is 6.01. The predicted octanol–water partition coefficient (Wildman–Crippen LogP) is 3.71. The quantitative estimate of drug-likeness (QED) is 0.520. The van der Waals surface area contributed by atoms with Crippen LogP contribution in [0.1, 0.15) is 0 Å². The fourth-order valence-corrected chi connectivity index (χ4v) is 2.23. The van der Waals surface area contributed by atoms with Crippen LogP contribution < -0.4 is 9.47 Å². The summed E-state index contributed by atoms with van der Waals surface area (Å²) in [6.45, 7) is 0. The van der Waals surface area contributed by atoms with E-state index in [1.807, 2.05) is 30.3 Å². The van der Waals surface area contributed by atoms with Crippen molar-refractivity contribution in [3.05, 3.63) is 48.5 Å². The summed E-state index contributed by atoms with van der Waals surface area (Å²) in [5.74, 6) is 0.997. The smallest absolute Gasteiger partial charge is 0.292 e. The van der Waals surface area contributed by atoms with Crippen LogP contribution in [0.2, 0.25) is 0 Å². The number of rotatable bonds is 2. The van der Waals surface area contributed by atoms with Crippen molar-refractivity contribution in [2.45, 2.75) is 0 Å². The monoisotopic (exact) mass is 260 g/mol. The number of nitriles is 2. The lowest BCUT2D eigenvalue weighted by Crippen LogP contribution is -1.86. The van der Waals surface area contributed by atoms with Crippen LogP contribution in [0.4, 0.5) is 0 Å². The average molecular weight is 260 g/mol. The summed E-state index contributed by atoms with van der Waals surface area (Å²) in [6, 6.07) is 14.9. The Morgan fingerprint density at radius 2 is 1.60 bits per heavy atom. The number of nitrogens with zero attached hydrogens (tertiary/aromatic N) is 2. The van der Waals surface area contributed by atoms with Crippen LogP contribution in [0.15, 0.2) is 48.5 Å². The lowest BCUT2D eigenvalue weighted by molar-refractivity contribution is 0.508. The van der Waals surface area contributed by atoms with Crippen LogP contribution in [-0.4, -0.2) is 0 Å². The first-order valence-corrected chi connectivity index (χ1v) is 5.90. The highest BCUT2D eigenvalue weighted by atomic mass is 16.5. The maximum atomic E-state index is 8.68. The molecule has 0 aliphatic carbocycles. The van der Waals surface area contributed by atoms with Gasteiger partial charge in [0, 0.05) is 5.39 Å². The van der Waals surface area contributed by atoms with Crippen LogP contribution >= 0.6 is 0 Å². The summed E-state index contributed by atoms with van der Waals surface area (Å²) in [7, 11) is 0. The molecule has 0 fully saturated rings. The first kappa shape index (κ1) is 11.8. The largest absolute Gasteiger partial charge is 0.388 e. The third-order valence-corrected chi connectivity index (χ3v) is 3.09. The van der Waals surface area contributed by atoms with Gasteiger partial charge in [-0.05, 0) is 46.5 Å². The van der Waals surface area contributed by atoms with Gasteiger partial charge in [-0.2, -0.15) is 0 Å². The molecule has 3 aromatic rings. The molecule has 0 spiro atoms. The summed E-state index contributed by atoms with van der Waals surface area (Å²) >= 11 is 0. The van der Waals surface area contributed by atoms with Gasteiger partial charge in [-0.15, -0.1) is 10.5 Å². The zero-order valence-electron chi connectivity index (χ0n) is 10.3. The number of hydrogen-bond donors (Lipinski definition) is 0. The van der Waals surface area contributed by atoms with E-state index in [0.29, 0.717) is 11.5 Å². The van der Waals surface area contributed by atoms with Crippen molar-refractivity contribution in [3.63, 3.8) is 0 Å². The molecule has 0 amide bonds. The van der Waals surface area contributed by atoms with Crippen LogP contribution in [0.5, 0.6) is 11.5 Å². The SMILES string of the molecule is N#COc1ccc2cc3cccc(OC#N)c3cc2c1. The molecule has 0 radical (unpaired) electrons. The molecule has 94 valence electrons. The van der Waals surface area contributed by atoms with Gasteiger partial charge in [0.15, 0.2) is 0 Å². The van der Waals surface area contributed by atoms with Crippen molar-refractivity contribution in [1.29, 1.82) is 10.5 Å². The Morgan fingerprint density at radius 3 is 2.40 bits per heavy atom. The molecule has 4 heteroatoms. The van der Waals surface area contributed by atoms with Gasteiger partial charge in [-0.3, -0.25) is 0 Å². The molecule has 0 aromatic heterocycles. The maximum absolute atomic E-state index is 8.68. The Labute approximate surface area is 115 Å². The lowest BCUT2D eigenvalue weighted by atomic mass is 10.0. The third-order valence-electron chi connectivity index (χ3n) is 3.09. The molecule has 3 rings (SSSR count). The van der Waals surface area contributed by atoms with Gasteiger partial charge in [-0.1, -0.05) is 18.2 Å². The number of hydrogen-bond acceptors (Lipinski definition) is 4. The predicted molar refractivity (Wildman–Crippen MR) is 73.9 cm³/mol. The van der Waals surface area contributed by atoms with Gasteiger partial charge < -0.3 is 9.47 Å². The van der Waals surface area contributed by atoms with Crippen LogP contribution in [0, 0.1) is 23.0 Å². The van der Waals surface area contributed by atoms with E-state index in [1.54, 1.807) is 30.7 Å². The Bertz CT molecular complexity index is 888. The number of ether oxygens (including phenoxy) is 2. The number of benzene rings is 3. The van der Waals surface area contributed by atoms with Gasteiger partial charge in [0.05, 0.1) is 0 Å². The second-order valence-corrected chi connectivity index (χ2v) is 4.23. The highest BCUT2D eigenvalue weighted by Crippen LogP contribution is 2.31. The second kappa shape index (κ2) is 4.79. The molecule has 0 N–H and O–H groups in total. The highest BCUT2D eigenvalue weighted by Gasteiger charge is 2.05. The van der Waals surface area contributed by atoms with Gasteiger partial charge in [0.2, 0.25) is 0 Å². The Balaban J connectivity index is 2.28. The van der Waals surface area contributed by atoms with Gasteiger partial charge in [0.1, 0.15) is 11.5 Å². The maximum Gasteiger partial charge on any atom is 0.292 e. The van der Waals surface area contributed by atoms with Gasteiger partial charge in [-0.25, -0.2) is 0 Å². The topological polar surface area (TPSA) is 66.0 Å². The molecule has 20 heavy (non-hydrogen) atoms. The van der Waals surface area contributed by atoms with Crippen molar-refractivity contribution in [3.8, 4) is 24.0 Å². The van der Waals surface area contributed by atoms with Crippen LogP contribution in [0.25, 0.3) is 21.5 Å². The lowest BCUT2D eigenvalue weighted by Gasteiger charge is -2.06. The molecule has 0 bridgehead atoms. The molecule has 0 aliphatic heterocycles. The zero-order valence-corrected chi connectivity index (χ0v) is 10.3. The summed E-state index contributed by atoms with van der Waals surface area (Å²) in [5, 5.41) is 21.0. The van der Waals surface area contributed by atoms with Crippen LogP contribution in [-0.2, 0) is 0 Å². The molecule has 0 heterocycles. The van der Waals surface area contributed by atoms with Crippen molar-refractivity contribution in [2.24, 2.45) is 0 Å². The summed E-state index contributed by atoms with van der Waals surface area (Å²) in [5.41, 5.74) is 0. The fraction of sp³-hybridized carbons (Fsp3) is 0. The molecule has 0 saturated heterocycles. The van der Waals surface area contributed by atoms with Gasteiger partial charge in [0.25, 0.3) is 12.5 Å². The first-order chi connectivity index (χ1) is 9.81. The third kappa shape index (κ3) is 1.96. The van der Waals surface area contributed by atoms with E-state index >= 15 is 0 Å². The van der Waals surface area contributed by atoms with E-state index in [1.165, 1.54) is 0 Å². The fourth-order valence-electron chi connectivity index (χ4n) is 2.23. The van der Waals surface area contributed by atoms with E-state index < -0.39 is 0 Å². The normalized spacial score (nSPS) is 9.90. The van der Waals surface area contributed by atoms with Crippen molar-refractivity contribution >= 4 is 21.5 Å². The Kier molecular flexibility index (Phi) is 2.84. The van der Waals surface area contributed by atoms with Crippen molar-refractivity contribution < 1.29 is 9.47 Å². The molecule has 0 atom stereocenters. The standard InChI is InChI=1S/C16H8N2O2/c17-9-19-14-5-4-11-6-12-2-1-3-16(20-10-18)15(12)8-13(11)7-14/h1-8H. The van der Waals surface area contributed by atoms with Crippen LogP contribution in [0.3, 0.4) is 0 Å². The molecular formula is C16H8N2O2. The molecule has 4 nitrogen and oxygen atoms in total. The molecule has 3 aromatic carbocycles. The number of fused-ring (bicyclic) bond motifs is 2. The zero-order chi connectivity index (χ0) is 13.9.